The van der Waals surface area contributed by atoms with Crippen molar-refractivity contribution in [3.8, 4) is 5.88 Å². The van der Waals surface area contributed by atoms with Crippen molar-refractivity contribution in [3.63, 3.8) is 0 Å². The van der Waals surface area contributed by atoms with Crippen LogP contribution < -0.4 is 9.64 Å². The number of hydrogen-bond acceptors (Lipinski definition) is 4. The molecule has 0 bridgehead atoms. The van der Waals surface area contributed by atoms with Crippen LogP contribution >= 0.6 is 15.9 Å². The normalized spacial score (nSPS) is 16.4. The van der Waals surface area contributed by atoms with Gasteiger partial charge in [-0.05, 0) is 19.8 Å². The molecule has 1 aliphatic rings. The van der Waals surface area contributed by atoms with Crippen molar-refractivity contribution in [1.82, 2.24) is 9.97 Å². The Morgan fingerprint density at radius 1 is 1.32 bits per heavy atom. The summed E-state index contributed by atoms with van der Waals surface area (Å²) in [7, 11) is 1.66. The number of nitrogens with zero attached hydrogens (tertiary/aromatic N) is 3. The fourth-order valence-corrected chi connectivity index (χ4v) is 3.25. The van der Waals surface area contributed by atoms with Gasteiger partial charge >= 0.3 is 0 Å². The Labute approximate surface area is 123 Å². The van der Waals surface area contributed by atoms with Crippen molar-refractivity contribution in [2.45, 2.75) is 45.1 Å². The van der Waals surface area contributed by atoms with E-state index in [1.807, 2.05) is 6.92 Å². The first-order valence-electron chi connectivity index (χ1n) is 6.96. The Hall–Kier alpha value is -0.840. The third-order valence-electron chi connectivity index (χ3n) is 3.82. The van der Waals surface area contributed by atoms with Crippen LogP contribution in [0.25, 0.3) is 0 Å². The van der Waals surface area contributed by atoms with E-state index < -0.39 is 0 Å². The quantitative estimate of drug-likeness (QED) is 0.777. The zero-order chi connectivity index (χ0) is 13.7. The second kappa shape index (κ2) is 7.08. The van der Waals surface area contributed by atoms with Gasteiger partial charge in [0.25, 0.3) is 0 Å². The van der Waals surface area contributed by atoms with Crippen molar-refractivity contribution >= 4 is 21.7 Å². The molecule has 0 atom stereocenters. The predicted molar refractivity (Wildman–Crippen MR) is 81.3 cm³/mol. The molecule has 0 aromatic carbocycles. The summed E-state index contributed by atoms with van der Waals surface area (Å²) in [6, 6.07) is 0.601. The maximum absolute atomic E-state index is 5.31. The summed E-state index contributed by atoms with van der Waals surface area (Å²) in [6.07, 6.45) is 8.14. The summed E-state index contributed by atoms with van der Waals surface area (Å²) in [5.74, 6) is 1.71. The third-order valence-corrected chi connectivity index (χ3v) is 4.17. The summed E-state index contributed by atoms with van der Waals surface area (Å²) in [4.78, 5) is 11.1. The van der Waals surface area contributed by atoms with Gasteiger partial charge in [-0.15, -0.1) is 0 Å². The molecule has 0 saturated heterocycles. The molecule has 0 unspecified atom stereocenters. The Kier molecular flexibility index (Phi) is 5.43. The van der Waals surface area contributed by atoms with Crippen LogP contribution in [0.2, 0.25) is 0 Å². The van der Waals surface area contributed by atoms with Gasteiger partial charge in [0.1, 0.15) is 12.1 Å². The van der Waals surface area contributed by atoms with E-state index in [1.54, 1.807) is 13.4 Å². The Bertz CT molecular complexity index is 408. The number of anilines is 1. The number of ether oxygens (including phenoxy) is 1. The van der Waals surface area contributed by atoms with Crippen LogP contribution in [0.1, 0.15) is 37.7 Å². The maximum Gasteiger partial charge on any atom is 0.221 e. The molecule has 2 rings (SSSR count). The lowest BCUT2D eigenvalue weighted by Crippen LogP contribution is -2.39. The summed E-state index contributed by atoms with van der Waals surface area (Å²) in [5.41, 5.74) is 1.04. The second-order valence-corrected chi connectivity index (χ2v) is 5.80. The number of alkyl halides is 1. The predicted octanol–water partition coefficient (Wildman–Crippen LogP) is 3.33. The molecule has 0 radical (unpaired) electrons. The number of rotatable bonds is 5. The van der Waals surface area contributed by atoms with E-state index >= 15 is 0 Å². The molecular formula is C14H22BrN3O. The second-order valence-electron chi connectivity index (χ2n) is 5.01. The molecule has 1 heterocycles. The topological polar surface area (TPSA) is 38.3 Å². The SMILES string of the molecule is COc1ncnc(N(CCBr)C2CCCCC2)c1C. The van der Waals surface area contributed by atoms with Gasteiger partial charge in [0.2, 0.25) is 5.88 Å². The van der Waals surface area contributed by atoms with E-state index in [9.17, 15) is 0 Å². The molecule has 1 aromatic rings. The number of aromatic nitrogens is 2. The minimum absolute atomic E-state index is 0.601. The van der Waals surface area contributed by atoms with Crippen molar-refractivity contribution in [3.05, 3.63) is 11.9 Å². The first kappa shape index (κ1) is 14.6. The molecule has 1 fully saturated rings. The summed E-state index contributed by atoms with van der Waals surface area (Å²) in [5, 5.41) is 0.954. The average molecular weight is 328 g/mol. The Morgan fingerprint density at radius 3 is 2.68 bits per heavy atom. The third kappa shape index (κ3) is 3.38. The molecule has 0 aliphatic heterocycles. The van der Waals surface area contributed by atoms with Crippen molar-refractivity contribution in [1.29, 1.82) is 0 Å². The molecule has 4 nitrogen and oxygen atoms in total. The molecule has 0 amide bonds. The van der Waals surface area contributed by atoms with Crippen molar-refractivity contribution < 1.29 is 4.74 Å². The van der Waals surface area contributed by atoms with Crippen LogP contribution in [0.15, 0.2) is 6.33 Å². The zero-order valence-electron chi connectivity index (χ0n) is 11.7. The van der Waals surface area contributed by atoms with Gasteiger partial charge < -0.3 is 9.64 Å². The van der Waals surface area contributed by atoms with Crippen molar-refractivity contribution in [2.24, 2.45) is 0 Å². The first-order chi connectivity index (χ1) is 9.27. The van der Waals surface area contributed by atoms with Crippen LogP contribution in [0.3, 0.4) is 0 Å². The van der Waals surface area contributed by atoms with Crippen LogP contribution in [0.4, 0.5) is 5.82 Å². The molecule has 106 valence electrons. The molecular weight excluding hydrogens is 306 g/mol. The Morgan fingerprint density at radius 2 is 2.05 bits per heavy atom. The van der Waals surface area contributed by atoms with Gasteiger partial charge in [-0.1, -0.05) is 35.2 Å². The van der Waals surface area contributed by atoms with Gasteiger partial charge in [0, 0.05) is 17.9 Å². The van der Waals surface area contributed by atoms with Crippen LogP contribution in [-0.4, -0.2) is 35.0 Å². The van der Waals surface area contributed by atoms with Gasteiger partial charge in [0.05, 0.1) is 12.7 Å². The van der Waals surface area contributed by atoms with E-state index in [0.717, 1.165) is 23.3 Å². The summed E-state index contributed by atoms with van der Waals surface area (Å²) in [6.45, 7) is 3.02. The summed E-state index contributed by atoms with van der Waals surface area (Å²) < 4.78 is 5.31. The highest BCUT2D eigenvalue weighted by Crippen LogP contribution is 2.30. The molecule has 1 saturated carbocycles. The van der Waals surface area contributed by atoms with E-state index in [4.69, 9.17) is 4.74 Å². The fourth-order valence-electron chi connectivity index (χ4n) is 2.87. The average Bonchev–Trinajstić information content (AvgIpc) is 2.46. The number of halogens is 1. The Balaban J connectivity index is 2.27. The highest BCUT2D eigenvalue weighted by Gasteiger charge is 2.24. The molecule has 19 heavy (non-hydrogen) atoms. The molecule has 1 aromatic heterocycles. The fraction of sp³-hybridized carbons (Fsp3) is 0.714. The zero-order valence-corrected chi connectivity index (χ0v) is 13.3. The smallest absolute Gasteiger partial charge is 0.221 e. The highest BCUT2D eigenvalue weighted by atomic mass is 79.9. The minimum Gasteiger partial charge on any atom is -0.481 e. The van der Waals surface area contributed by atoms with E-state index in [1.165, 1.54) is 32.1 Å². The van der Waals surface area contributed by atoms with E-state index in [-0.39, 0.29) is 0 Å². The standard InChI is InChI=1S/C14H22BrN3O/c1-11-13(16-10-17-14(11)19-2)18(9-8-15)12-6-4-3-5-7-12/h10,12H,3-9H2,1-2H3. The maximum atomic E-state index is 5.31. The molecule has 5 heteroatoms. The first-order valence-corrected chi connectivity index (χ1v) is 8.08. The van der Waals surface area contributed by atoms with Crippen LogP contribution in [0, 0.1) is 6.92 Å². The van der Waals surface area contributed by atoms with E-state index in [0.29, 0.717) is 11.9 Å². The van der Waals surface area contributed by atoms with Crippen LogP contribution in [0.5, 0.6) is 5.88 Å². The van der Waals surface area contributed by atoms with Gasteiger partial charge in [0.15, 0.2) is 0 Å². The highest BCUT2D eigenvalue weighted by molar-refractivity contribution is 9.09. The van der Waals surface area contributed by atoms with Gasteiger partial charge in [-0.3, -0.25) is 0 Å². The van der Waals surface area contributed by atoms with Gasteiger partial charge in [-0.2, -0.15) is 0 Å². The van der Waals surface area contributed by atoms with Gasteiger partial charge in [-0.25, -0.2) is 9.97 Å². The minimum atomic E-state index is 0.601. The van der Waals surface area contributed by atoms with Crippen molar-refractivity contribution in [2.75, 3.05) is 23.9 Å². The number of methoxy groups -OCH3 is 1. The lowest BCUT2D eigenvalue weighted by atomic mass is 9.94. The largest absolute Gasteiger partial charge is 0.481 e. The lowest BCUT2D eigenvalue weighted by Gasteiger charge is -2.35. The lowest BCUT2D eigenvalue weighted by molar-refractivity contribution is 0.390. The molecule has 0 spiro atoms. The monoisotopic (exact) mass is 327 g/mol. The van der Waals surface area contributed by atoms with Crippen LogP contribution in [-0.2, 0) is 0 Å². The van der Waals surface area contributed by atoms with E-state index in [2.05, 4.69) is 30.8 Å². The number of hydrogen-bond donors (Lipinski definition) is 0. The molecule has 0 N–H and O–H groups in total. The molecule has 1 aliphatic carbocycles. The summed E-state index contributed by atoms with van der Waals surface area (Å²) >= 11 is 3.56.